The lowest BCUT2D eigenvalue weighted by atomic mass is 10.3. The maximum absolute atomic E-state index is 12.2. The Balaban J connectivity index is 2.32. The van der Waals surface area contributed by atoms with Crippen molar-refractivity contribution in [3.8, 4) is 0 Å². The Kier molecular flexibility index (Phi) is 5.12. The number of imidazole rings is 1. The lowest BCUT2D eigenvalue weighted by molar-refractivity contribution is -0.0328. The van der Waals surface area contributed by atoms with Crippen LogP contribution in [-0.2, 0) is 6.54 Å². The number of thioether (sulfide) groups is 1. The highest BCUT2D eigenvalue weighted by molar-refractivity contribution is 14.1. The minimum absolute atomic E-state index is 0.0292. The number of aryl methyl sites for hydroxylation is 1. The van der Waals surface area contributed by atoms with Crippen molar-refractivity contribution in [1.82, 2.24) is 9.55 Å². The zero-order valence-electron chi connectivity index (χ0n) is 10.4. The Labute approximate surface area is 137 Å². The molecule has 8 heteroatoms. The van der Waals surface area contributed by atoms with Gasteiger partial charge in [0.15, 0.2) is 0 Å². The number of nitrogens with zero attached hydrogens (tertiary/aromatic N) is 2. The van der Waals surface area contributed by atoms with Gasteiger partial charge < -0.3 is 4.57 Å². The molecule has 0 aliphatic carbocycles. The fraction of sp³-hybridized carbons (Fsp3) is 0.417. The van der Waals surface area contributed by atoms with Crippen molar-refractivity contribution < 1.29 is 13.2 Å². The van der Waals surface area contributed by atoms with E-state index in [4.69, 9.17) is 11.6 Å². The molecule has 2 nitrogen and oxygen atoms in total. The molecule has 0 saturated carbocycles. The Bertz CT molecular complexity index is 613. The highest BCUT2D eigenvalue weighted by Gasteiger charge is 2.28. The van der Waals surface area contributed by atoms with Gasteiger partial charge in [0.1, 0.15) is 5.82 Å². The summed E-state index contributed by atoms with van der Waals surface area (Å²) in [5.41, 5.74) is -2.63. The largest absolute Gasteiger partial charge is 0.441 e. The van der Waals surface area contributed by atoms with Gasteiger partial charge in [-0.05, 0) is 59.5 Å². The summed E-state index contributed by atoms with van der Waals surface area (Å²) in [5, 5.41) is -0.351. The fourth-order valence-electron chi connectivity index (χ4n) is 1.91. The maximum atomic E-state index is 12.2. The van der Waals surface area contributed by atoms with E-state index in [1.807, 2.05) is 18.2 Å². The summed E-state index contributed by atoms with van der Waals surface area (Å²) in [6.07, 6.45) is 0. The van der Waals surface area contributed by atoms with E-state index in [0.717, 1.165) is 14.6 Å². The second-order valence-electron chi connectivity index (χ2n) is 4.16. The van der Waals surface area contributed by atoms with Crippen LogP contribution in [0.1, 0.15) is 18.1 Å². The first kappa shape index (κ1) is 16.2. The first-order valence-corrected chi connectivity index (χ1v) is 8.28. The van der Waals surface area contributed by atoms with Crippen LogP contribution in [0.15, 0.2) is 18.2 Å². The number of halogens is 5. The number of hydrogen-bond acceptors (Lipinski definition) is 2. The molecule has 0 radical (unpaired) electrons. The van der Waals surface area contributed by atoms with Crippen molar-refractivity contribution >= 4 is 57.0 Å². The van der Waals surface area contributed by atoms with E-state index in [1.165, 1.54) is 0 Å². The van der Waals surface area contributed by atoms with Crippen LogP contribution >= 0.6 is 46.0 Å². The molecule has 0 aliphatic rings. The van der Waals surface area contributed by atoms with Crippen LogP contribution < -0.4 is 0 Å². The standard InChI is InChI=1S/C12H11ClF3IN2S/c1-7(13)11-18-9-6-8(17)2-3-10(9)19(11)4-5-20-12(14,15)16/h2-3,6-7H,4-5H2,1H3. The first-order chi connectivity index (χ1) is 9.28. The summed E-state index contributed by atoms with van der Waals surface area (Å²) in [5.74, 6) is 0.545. The van der Waals surface area contributed by atoms with Crippen molar-refractivity contribution in [1.29, 1.82) is 0 Å². The van der Waals surface area contributed by atoms with Gasteiger partial charge in [-0.1, -0.05) is 0 Å². The maximum Gasteiger partial charge on any atom is 0.441 e. The van der Waals surface area contributed by atoms with Gasteiger partial charge in [-0.3, -0.25) is 0 Å². The van der Waals surface area contributed by atoms with Gasteiger partial charge in [0, 0.05) is 15.9 Å². The average molecular weight is 435 g/mol. The van der Waals surface area contributed by atoms with Crippen molar-refractivity contribution in [3.63, 3.8) is 0 Å². The van der Waals surface area contributed by atoms with Gasteiger partial charge in [-0.15, -0.1) is 11.6 Å². The third-order valence-corrected chi connectivity index (χ3v) is 4.26. The molecule has 1 atom stereocenters. The van der Waals surface area contributed by atoms with Crippen LogP contribution in [0, 0.1) is 3.57 Å². The molecule has 20 heavy (non-hydrogen) atoms. The van der Waals surface area contributed by atoms with Crippen LogP contribution in [-0.4, -0.2) is 20.8 Å². The van der Waals surface area contributed by atoms with Crippen molar-refractivity contribution in [2.24, 2.45) is 0 Å². The monoisotopic (exact) mass is 434 g/mol. The topological polar surface area (TPSA) is 17.8 Å². The van der Waals surface area contributed by atoms with Gasteiger partial charge in [-0.2, -0.15) is 13.2 Å². The second-order valence-corrected chi connectivity index (χ2v) is 7.23. The normalized spacial score (nSPS) is 13.9. The lowest BCUT2D eigenvalue weighted by Gasteiger charge is -2.11. The molecule has 110 valence electrons. The molecule has 0 amide bonds. The van der Waals surface area contributed by atoms with E-state index < -0.39 is 5.51 Å². The zero-order chi connectivity index (χ0) is 14.9. The van der Waals surface area contributed by atoms with Crippen LogP contribution in [0.2, 0.25) is 0 Å². The highest BCUT2D eigenvalue weighted by atomic mass is 127. The minimum atomic E-state index is -4.21. The van der Waals surface area contributed by atoms with Crippen molar-refractivity contribution in [2.75, 3.05) is 5.75 Å². The summed E-state index contributed by atoms with van der Waals surface area (Å²) in [7, 11) is 0. The number of fused-ring (bicyclic) bond motifs is 1. The van der Waals surface area contributed by atoms with E-state index >= 15 is 0 Å². The third-order valence-electron chi connectivity index (χ3n) is 2.68. The highest BCUT2D eigenvalue weighted by Crippen LogP contribution is 2.31. The molecule has 1 unspecified atom stereocenters. The molecule has 0 fully saturated rings. The number of aromatic nitrogens is 2. The number of hydrogen-bond donors (Lipinski definition) is 0. The van der Waals surface area contributed by atoms with E-state index in [1.54, 1.807) is 11.5 Å². The fourth-order valence-corrected chi connectivity index (χ4v) is 3.06. The molecule has 2 rings (SSSR count). The molecule has 0 saturated heterocycles. The molecule has 1 heterocycles. The first-order valence-electron chi connectivity index (χ1n) is 5.78. The van der Waals surface area contributed by atoms with Crippen LogP contribution in [0.5, 0.6) is 0 Å². The van der Waals surface area contributed by atoms with Crippen molar-refractivity contribution in [3.05, 3.63) is 27.6 Å². The Hall–Kier alpha value is -0.150. The van der Waals surface area contributed by atoms with Gasteiger partial charge in [-0.25, -0.2) is 4.98 Å². The van der Waals surface area contributed by atoms with Crippen molar-refractivity contribution in [2.45, 2.75) is 24.4 Å². The quantitative estimate of drug-likeness (QED) is 0.487. The Morgan fingerprint density at radius 3 is 2.75 bits per heavy atom. The summed E-state index contributed by atoms with van der Waals surface area (Å²) in [6, 6.07) is 5.66. The smallest absolute Gasteiger partial charge is 0.326 e. The minimum Gasteiger partial charge on any atom is -0.326 e. The summed E-state index contributed by atoms with van der Waals surface area (Å²) in [6.45, 7) is 1.99. The van der Waals surface area contributed by atoms with Gasteiger partial charge in [0.2, 0.25) is 0 Å². The molecule has 2 aromatic rings. The Morgan fingerprint density at radius 2 is 2.15 bits per heavy atom. The molecule has 1 aromatic carbocycles. The molecule has 0 N–H and O–H groups in total. The summed E-state index contributed by atoms with van der Waals surface area (Å²) >= 11 is 8.22. The summed E-state index contributed by atoms with van der Waals surface area (Å²) < 4.78 is 39.5. The predicted molar refractivity (Wildman–Crippen MR) is 85.2 cm³/mol. The predicted octanol–water partition coefficient (Wildman–Crippen LogP) is 5.19. The zero-order valence-corrected chi connectivity index (χ0v) is 14.1. The molecule has 1 aromatic heterocycles. The molecular weight excluding hydrogens is 424 g/mol. The molecule has 0 aliphatic heterocycles. The van der Waals surface area contributed by atoms with Crippen LogP contribution in [0.3, 0.4) is 0 Å². The van der Waals surface area contributed by atoms with Gasteiger partial charge >= 0.3 is 5.51 Å². The number of benzene rings is 1. The van der Waals surface area contributed by atoms with Crippen LogP contribution in [0.4, 0.5) is 13.2 Å². The molecular formula is C12H11ClF3IN2S. The average Bonchev–Trinajstić information content (AvgIpc) is 2.66. The second kappa shape index (κ2) is 6.31. The Morgan fingerprint density at radius 1 is 1.45 bits per heavy atom. The number of rotatable bonds is 4. The lowest BCUT2D eigenvalue weighted by Crippen LogP contribution is -2.10. The molecule has 0 bridgehead atoms. The number of alkyl halides is 4. The third kappa shape index (κ3) is 3.94. The van der Waals surface area contributed by atoms with E-state index in [0.29, 0.717) is 5.82 Å². The summed E-state index contributed by atoms with van der Waals surface area (Å²) in [4.78, 5) is 4.42. The van der Waals surface area contributed by atoms with Gasteiger partial charge in [0.05, 0.1) is 16.4 Å². The van der Waals surface area contributed by atoms with E-state index in [-0.39, 0.29) is 29.4 Å². The van der Waals surface area contributed by atoms with E-state index in [2.05, 4.69) is 27.6 Å². The van der Waals surface area contributed by atoms with Gasteiger partial charge in [0.25, 0.3) is 0 Å². The van der Waals surface area contributed by atoms with E-state index in [9.17, 15) is 13.2 Å². The SMILES string of the molecule is CC(Cl)c1nc2cc(I)ccc2n1CCSC(F)(F)F. The van der Waals surface area contributed by atoms with Crippen LogP contribution in [0.25, 0.3) is 11.0 Å². The molecule has 0 spiro atoms.